The highest BCUT2D eigenvalue weighted by atomic mass is 16.3. The first-order valence-corrected chi connectivity index (χ1v) is 4.94. The molecule has 0 aromatic rings. The summed E-state index contributed by atoms with van der Waals surface area (Å²) >= 11 is 0. The predicted octanol–water partition coefficient (Wildman–Crippen LogP) is 1.24. The van der Waals surface area contributed by atoms with Crippen LogP contribution in [0.3, 0.4) is 0 Å². The van der Waals surface area contributed by atoms with E-state index in [9.17, 15) is 5.11 Å². The van der Waals surface area contributed by atoms with Crippen LogP contribution in [-0.2, 0) is 0 Å². The molecule has 0 unspecified atom stereocenters. The van der Waals surface area contributed by atoms with E-state index in [1.807, 2.05) is 13.8 Å². The first-order chi connectivity index (χ1) is 5.49. The van der Waals surface area contributed by atoms with Crippen molar-refractivity contribution in [2.24, 2.45) is 5.41 Å². The molecule has 12 heavy (non-hydrogen) atoms. The Hall–Kier alpha value is -0.0800. The minimum absolute atomic E-state index is 0.509. The molecule has 1 spiro atoms. The van der Waals surface area contributed by atoms with Crippen molar-refractivity contribution in [3.05, 3.63) is 0 Å². The van der Waals surface area contributed by atoms with Gasteiger partial charge >= 0.3 is 0 Å². The third-order valence-corrected chi connectivity index (χ3v) is 3.14. The molecule has 0 radical (unpaired) electrons. The van der Waals surface area contributed by atoms with E-state index < -0.39 is 5.60 Å². The summed E-state index contributed by atoms with van der Waals surface area (Å²) < 4.78 is 0. The molecule has 2 aliphatic rings. The second-order valence-corrected chi connectivity index (χ2v) is 5.31. The largest absolute Gasteiger partial charge is 0.389 e. The summed E-state index contributed by atoms with van der Waals surface area (Å²) in [6, 6.07) is 0. The van der Waals surface area contributed by atoms with Crippen molar-refractivity contribution in [2.75, 3.05) is 19.6 Å². The number of hydrogen-bond donors (Lipinski definition) is 1. The van der Waals surface area contributed by atoms with Crippen LogP contribution in [0.25, 0.3) is 0 Å². The second kappa shape index (κ2) is 2.46. The maximum absolute atomic E-state index is 9.57. The molecule has 70 valence electrons. The highest BCUT2D eigenvalue weighted by Gasteiger charge is 2.47. The Morgan fingerprint density at radius 2 is 1.92 bits per heavy atom. The maximum atomic E-state index is 9.57. The maximum Gasteiger partial charge on any atom is 0.0718 e. The average Bonchev–Trinajstić information content (AvgIpc) is 1.69. The number of nitrogens with zero attached hydrogens (tertiary/aromatic N) is 1. The van der Waals surface area contributed by atoms with E-state index in [1.165, 1.54) is 32.4 Å². The van der Waals surface area contributed by atoms with E-state index in [0.29, 0.717) is 5.41 Å². The Balaban J connectivity index is 1.74. The lowest BCUT2D eigenvalue weighted by Gasteiger charge is -2.57. The molecule has 0 atom stereocenters. The van der Waals surface area contributed by atoms with E-state index in [2.05, 4.69) is 4.90 Å². The predicted molar refractivity (Wildman–Crippen MR) is 49.0 cm³/mol. The number of β-amino-alcohol motifs (C(OH)–C–C–N with tert-alkyl or cyclic N) is 1. The van der Waals surface area contributed by atoms with Crippen molar-refractivity contribution >= 4 is 0 Å². The Labute approximate surface area is 74.6 Å². The van der Waals surface area contributed by atoms with Gasteiger partial charge in [0, 0.05) is 19.6 Å². The van der Waals surface area contributed by atoms with Gasteiger partial charge in [0.1, 0.15) is 0 Å². The fourth-order valence-electron chi connectivity index (χ4n) is 2.55. The minimum Gasteiger partial charge on any atom is -0.389 e. The molecule has 1 aliphatic carbocycles. The summed E-state index contributed by atoms with van der Waals surface area (Å²) in [6.07, 6.45) is 4.28. The zero-order valence-electron chi connectivity index (χ0n) is 8.14. The summed E-state index contributed by atoms with van der Waals surface area (Å²) in [7, 11) is 0. The van der Waals surface area contributed by atoms with Crippen LogP contribution >= 0.6 is 0 Å². The van der Waals surface area contributed by atoms with Gasteiger partial charge in [0.15, 0.2) is 0 Å². The lowest BCUT2D eigenvalue weighted by Crippen LogP contribution is -2.62. The van der Waals surface area contributed by atoms with E-state index in [0.717, 1.165) is 6.54 Å². The topological polar surface area (TPSA) is 23.5 Å². The molecule has 1 heterocycles. The molecule has 0 bridgehead atoms. The molecule has 0 amide bonds. The quantitative estimate of drug-likeness (QED) is 0.672. The van der Waals surface area contributed by atoms with E-state index in [4.69, 9.17) is 0 Å². The van der Waals surface area contributed by atoms with Crippen LogP contribution in [0, 0.1) is 5.41 Å². The molecule has 1 saturated heterocycles. The van der Waals surface area contributed by atoms with Gasteiger partial charge in [-0.15, -0.1) is 0 Å². The fourth-order valence-corrected chi connectivity index (χ4v) is 2.55. The van der Waals surface area contributed by atoms with Crippen LogP contribution in [0.1, 0.15) is 33.1 Å². The van der Waals surface area contributed by atoms with Crippen molar-refractivity contribution < 1.29 is 5.11 Å². The summed E-state index contributed by atoms with van der Waals surface area (Å²) in [4.78, 5) is 2.37. The number of likely N-dealkylation sites (tertiary alicyclic amines) is 1. The van der Waals surface area contributed by atoms with Crippen molar-refractivity contribution in [1.29, 1.82) is 0 Å². The van der Waals surface area contributed by atoms with Crippen LogP contribution in [0.4, 0.5) is 0 Å². The van der Waals surface area contributed by atoms with Gasteiger partial charge < -0.3 is 5.11 Å². The molecule has 1 saturated carbocycles. The van der Waals surface area contributed by atoms with Crippen LogP contribution in [0.2, 0.25) is 0 Å². The lowest BCUT2D eigenvalue weighted by atomic mass is 9.63. The van der Waals surface area contributed by atoms with Crippen LogP contribution in [0.15, 0.2) is 0 Å². The molecule has 0 aromatic heterocycles. The number of aliphatic hydroxyl groups is 1. The van der Waals surface area contributed by atoms with Gasteiger partial charge in [0.05, 0.1) is 5.60 Å². The van der Waals surface area contributed by atoms with Gasteiger partial charge in [-0.2, -0.15) is 0 Å². The SMILES string of the molecule is CC(C)(O)CN1CC2(CCC2)C1. The Kier molecular flexibility index (Phi) is 1.74. The summed E-state index contributed by atoms with van der Waals surface area (Å²) in [6.45, 7) is 7.08. The van der Waals surface area contributed by atoms with Gasteiger partial charge in [-0.25, -0.2) is 0 Å². The zero-order valence-corrected chi connectivity index (χ0v) is 8.14. The third-order valence-electron chi connectivity index (χ3n) is 3.14. The molecule has 2 heteroatoms. The van der Waals surface area contributed by atoms with Crippen molar-refractivity contribution in [3.63, 3.8) is 0 Å². The Morgan fingerprint density at radius 3 is 2.25 bits per heavy atom. The highest BCUT2D eigenvalue weighted by molar-refractivity contribution is 5.01. The van der Waals surface area contributed by atoms with Crippen molar-refractivity contribution in [2.45, 2.75) is 38.7 Å². The van der Waals surface area contributed by atoms with E-state index >= 15 is 0 Å². The van der Waals surface area contributed by atoms with Crippen LogP contribution in [0.5, 0.6) is 0 Å². The zero-order chi connectivity index (χ0) is 8.82. The molecule has 2 fully saturated rings. The van der Waals surface area contributed by atoms with Gasteiger partial charge in [-0.3, -0.25) is 4.90 Å². The smallest absolute Gasteiger partial charge is 0.0718 e. The monoisotopic (exact) mass is 169 g/mol. The van der Waals surface area contributed by atoms with E-state index in [-0.39, 0.29) is 0 Å². The van der Waals surface area contributed by atoms with Gasteiger partial charge in [-0.05, 0) is 32.1 Å². The van der Waals surface area contributed by atoms with Crippen molar-refractivity contribution in [3.8, 4) is 0 Å². The minimum atomic E-state index is -0.509. The molecule has 2 rings (SSSR count). The molecule has 0 aromatic carbocycles. The second-order valence-electron chi connectivity index (χ2n) is 5.31. The van der Waals surface area contributed by atoms with Crippen molar-refractivity contribution in [1.82, 2.24) is 4.90 Å². The average molecular weight is 169 g/mol. The molecule has 2 nitrogen and oxygen atoms in total. The Morgan fingerprint density at radius 1 is 1.33 bits per heavy atom. The molecular formula is C10H19NO. The van der Waals surface area contributed by atoms with Gasteiger partial charge in [-0.1, -0.05) is 6.42 Å². The standard InChI is InChI=1S/C10H19NO/c1-9(2,12)6-11-7-10(8-11)4-3-5-10/h12H,3-8H2,1-2H3. The van der Waals surface area contributed by atoms with Crippen LogP contribution in [-0.4, -0.2) is 35.2 Å². The highest BCUT2D eigenvalue weighted by Crippen LogP contribution is 2.48. The van der Waals surface area contributed by atoms with E-state index in [1.54, 1.807) is 0 Å². The number of rotatable bonds is 2. The summed E-state index contributed by atoms with van der Waals surface area (Å²) in [5, 5.41) is 9.57. The van der Waals surface area contributed by atoms with Gasteiger partial charge in [0.25, 0.3) is 0 Å². The molecular weight excluding hydrogens is 150 g/mol. The number of hydrogen-bond acceptors (Lipinski definition) is 2. The first kappa shape index (κ1) is 8.52. The fraction of sp³-hybridized carbons (Fsp3) is 1.00. The molecule has 1 N–H and O–H groups in total. The normalized spacial score (nSPS) is 28.2. The lowest BCUT2D eigenvalue weighted by molar-refractivity contribution is -0.0919. The van der Waals surface area contributed by atoms with Crippen LogP contribution < -0.4 is 0 Å². The first-order valence-electron chi connectivity index (χ1n) is 4.94. The Bertz CT molecular complexity index is 171. The summed E-state index contributed by atoms with van der Waals surface area (Å²) in [5.74, 6) is 0. The van der Waals surface area contributed by atoms with Gasteiger partial charge in [0.2, 0.25) is 0 Å². The summed E-state index contributed by atoms with van der Waals surface area (Å²) in [5.41, 5.74) is 0.191. The third kappa shape index (κ3) is 1.50. The molecule has 1 aliphatic heterocycles.